The number of likely N-dealkylation sites (N-methyl/N-ethyl adjacent to an activating group) is 1. The molecule has 0 aliphatic heterocycles. The van der Waals surface area contributed by atoms with Gasteiger partial charge in [-0.1, -0.05) is 53.7 Å². The molecule has 2 aromatic rings. The van der Waals surface area contributed by atoms with Gasteiger partial charge in [0.1, 0.15) is 5.82 Å². The second kappa shape index (κ2) is 20.0. The first-order valence-corrected chi connectivity index (χ1v) is 15.7. The molecule has 0 aliphatic carbocycles. The van der Waals surface area contributed by atoms with E-state index in [1.54, 1.807) is 53.9 Å². The zero-order valence-corrected chi connectivity index (χ0v) is 25.8. The van der Waals surface area contributed by atoms with Gasteiger partial charge >= 0.3 is 0 Å². The van der Waals surface area contributed by atoms with Crippen molar-refractivity contribution >= 4 is 46.8 Å². The number of aromatic nitrogens is 1. The summed E-state index contributed by atoms with van der Waals surface area (Å²) in [5.41, 5.74) is 8.66. The van der Waals surface area contributed by atoms with Crippen molar-refractivity contribution < 1.29 is 19.1 Å². The minimum absolute atomic E-state index is 0.0233. The van der Waals surface area contributed by atoms with Crippen LogP contribution in [0.1, 0.15) is 38.4 Å². The third-order valence-electron chi connectivity index (χ3n) is 5.70. The number of oxime groups is 1. The van der Waals surface area contributed by atoms with Crippen LogP contribution in [0, 0.1) is 16.9 Å². The standard InChI is InChI=1S/C28H41N7O4S2/c1-5-23(28(40-18-16-37-6-2)41-19-17-38-7-3)27(36)32-24-15-11-14-22(31-24)20-39-33-25(26(29)35(4)34-30)21-12-9-8-10-13-21/h8-15,23,28-30H,5-7,16-20H2,1-4H3,(H,31,32,36)/b29-26?,33-25-,34-30?. The molecule has 1 aromatic carbocycles. The Morgan fingerprint density at radius 1 is 1.02 bits per heavy atom. The average molecular weight is 604 g/mol. The lowest BCUT2D eigenvalue weighted by Gasteiger charge is -2.25. The van der Waals surface area contributed by atoms with Gasteiger partial charge in [-0.25, -0.2) is 9.99 Å². The zero-order chi connectivity index (χ0) is 29.9. The van der Waals surface area contributed by atoms with Crippen molar-refractivity contribution in [2.24, 2.45) is 16.3 Å². The SMILES string of the molecule is CCOCCSC(SCCOCC)C(CC)C(=O)Nc1cccc(CO/N=C(\C(=N)N(C)N=N)c2ccccc2)n1. The minimum atomic E-state index is -0.224. The highest BCUT2D eigenvalue weighted by atomic mass is 32.2. The fraction of sp³-hybridized carbons (Fsp3) is 0.500. The van der Waals surface area contributed by atoms with Crippen LogP contribution in [0.25, 0.3) is 0 Å². The number of thioether (sulfide) groups is 2. The van der Waals surface area contributed by atoms with Gasteiger partial charge < -0.3 is 19.6 Å². The van der Waals surface area contributed by atoms with Gasteiger partial charge in [0.25, 0.3) is 0 Å². The van der Waals surface area contributed by atoms with Crippen LogP contribution in [0.15, 0.2) is 58.9 Å². The fourth-order valence-electron chi connectivity index (χ4n) is 3.56. The number of amidine groups is 1. The first kappa shape index (κ1) is 34.2. The number of pyridine rings is 1. The van der Waals surface area contributed by atoms with E-state index in [0.717, 1.165) is 16.5 Å². The number of benzene rings is 1. The van der Waals surface area contributed by atoms with Gasteiger partial charge in [0.15, 0.2) is 18.2 Å². The Labute approximate surface area is 251 Å². The van der Waals surface area contributed by atoms with Crippen LogP contribution in [-0.4, -0.2) is 77.0 Å². The quantitative estimate of drug-likeness (QED) is 0.0437. The molecule has 0 radical (unpaired) electrons. The molecule has 1 aromatic heterocycles. The third kappa shape index (κ3) is 12.2. The van der Waals surface area contributed by atoms with Crippen LogP contribution in [0.4, 0.5) is 5.82 Å². The summed E-state index contributed by atoms with van der Waals surface area (Å²) in [6, 6.07) is 14.4. The number of nitrogens with zero attached hydrogens (tertiary/aromatic N) is 4. The first-order valence-electron chi connectivity index (χ1n) is 13.6. The van der Waals surface area contributed by atoms with Gasteiger partial charge in [0.2, 0.25) is 5.91 Å². The van der Waals surface area contributed by atoms with Crippen molar-refractivity contribution in [1.29, 1.82) is 10.9 Å². The summed E-state index contributed by atoms with van der Waals surface area (Å²) in [5.74, 6) is 1.65. The van der Waals surface area contributed by atoms with Gasteiger partial charge in [-0.15, -0.1) is 23.5 Å². The summed E-state index contributed by atoms with van der Waals surface area (Å²) in [5, 5.41) is 19.8. The summed E-state index contributed by atoms with van der Waals surface area (Å²) in [6.45, 7) is 8.63. The van der Waals surface area contributed by atoms with E-state index in [0.29, 0.717) is 49.9 Å². The second-order valence-electron chi connectivity index (χ2n) is 8.57. The Morgan fingerprint density at radius 3 is 2.27 bits per heavy atom. The molecule has 1 heterocycles. The molecule has 11 nitrogen and oxygen atoms in total. The van der Waals surface area contributed by atoms with Crippen LogP contribution in [0.2, 0.25) is 0 Å². The first-order chi connectivity index (χ1) is 19.9. The molecule has 0 aliphatic rings. The van der Waals surface area contributed by atoms with Crippen molar-refractivity contribution in [3.8, 4) is 0 Å². The highest BCUT2D eigenvalue weighted by molar-refractivity contribution is 8.17. The van der Waals surface area contributed by atoms with E-state index in [1.165, 1.54) is 7.05 Å². The molecule has 224 valence electrons. The lowest BCUT2D eigenvalue weighted by atomic mass is 10.1. The minimum Gasteiger partial charge on any atom is -0.389 e. The van der Waals surface area contributed by atoms with E-state index in [-0.39, 0.29) is 34.6 Å². The van der Waals surface area contributed by atoms with Gasteiger partial charge in [0.05, 0.1) is 29.4 Å². The summed E-state index contributed by atoms with van der Waals surface area (Å²) in [6.07, 6.45) is 0.685. The summed E-state index contributed by atoms with van der Waals surface area (Å²) >= 11 is 3.48. The fourth-order valence-corrected chi connectivity index (χ4v) is 6.51. The molecule has 0 spiro atoms. The van der Waals surface area contributed by atoms with Crippen LogP contribution in [-0.2, 0) is 25.7 Å². The van der Waals surface area contributed by atoms with Gasteiger partial charge in [-0.2, -0.15) is 5.53 Å². The van der Waals surface area contributed by atoms with Crippen LogP contribution in [0.3, 0.4) is 0 Å². The second-order valence-corrected chi connectivity index (χ2v) is 11.4. The predicted molar refractivity (Wildman–Crippen MR) is 167 cm³/mol. The van der Waals surface area contributed by atoms with Gasteiger partial charge in [0, 0.05) is 37.3 Å². The maximum Gasteiger partial charge on any atom is 0.230 e. The number of carbonyl (C=O) groups excluding carboxylic acids is 1. The van der Waals surface area contributed by atoms with E-state index in [4.69, 9.17) is 25.3 Å². The average Bonchev–Trinajstić information content (AvgIpc) is 2.99. The number of rotatable bonds is 20. The predicted octanol–water partition coefficient (Wildman–Crippen LogP) is 5.69. The maximum atomic E-state index is 13.4. The lowest BCUT2D eigenvalue weighted by Crippen LogP contribution is -2.30. The van der Waals surface area contributed by atoms with Crippen molar-refractivity contribution in [3.63, 3.8) is 0 Å². The Morgan fingerprint density at radius 2 is 1.68 bits per heavy atom. The lowest BCUT2D eigenvalue weighted by molar-refractivity contribution is -0.119. The number of hydrogen-bond donors (Lipinski definition) is 3. The third-order valence-corrected chi connectivity index (χ3v) is 8.64. The Balaban J connectivity index is 2.09. The Kier molecular flexibility index (Phi) is 16.7. The van der Waals surface area contributed by atoms with Crippen LogP contribution >= 0.6 is 23.5 Å². The number of ether oxygens (including phenoxy) is 2. The smallest absolute Gasteiger partial charge is 0.230 e. The molecule has 1 unspecified atom stereocenters. The normalized spacial score (nSPS) is 12.2. The molecule has 3 N–H and O–H groups in total. The van der Waals surface area contributed by atoms with E-state index < -0.39 is 0 Å². The van der Waals surface area contributed by atoms with E-state index in [1.807, 2.05) is 39.0 Å². The molecular weight excluding hydrogens is 562 g/mol. The molecule has 1 amide bonds. The van der Waals surface area contributed by atoms with E-state index >= 15 is 0 Å². The number of anilines is 1. The highest BCUT2D eigenvalue weighted by Gasteiger charge is 2.28. The molecule has 13 heteroatoms. The van der Waals surface area contributed by atoms with Crippen molar-refractivity contribution in [1.82, 2.24) is 9.99 Å². The van der Waals surface area contributed by atoms with Crippen molar-refractivity contribution in [2.75, 3.05) is 50.3 Å². The number of hydrogen-bond acceptors (Lipinski definition) is 11. The zero-order valence-electron chi connectivity index (χ0n) is 24.2. The van der Waals surface area contributed by atoms with E-state index in [2.05, 4.69) is 20.7 Å². The van der Waals surface area contributed by atoms with Crippen LogP contribution < -0.4 is 5.32 Å². The summed E-state index contributed by atoms with van der Waals surface area (Å²) < 4.78 is 11.1. The molecule has 0 saturated heterocycles. The van der Waals surface area contributed by atoms with Crippen LogP contribution in [0.5, 0.6) is 0 Å². The number of amides is 1. The van der Waals surface area contributed by atoms with Gasteiger partial charge in [-0.05, 0) is 32.4 Å². The molecule has 0 saturated carbocycles. The summed E-state index contributed by atoms with van der Waals surface area (Å²) in [7, 11) is 1.49. The molecular formula is C28H41N7O4S2. The number of carbonyl (C=O) groups is 1. The Bertz CT molecular complexity index is 1100. The van der Waals surface area contributed by atoms with Gasteiger partial charge in [-0.3, -0.25) is 10.2 Å². The number of nitrogens with one attached hydrogen (secondary N) is 3. The molecule has 2 rings (SSSR count). The van der Waals surface area contributed by atoms with Crippen molar-refractivity contribution in [3.05, 3.63) is 59.8 Å². The molecule has 41 heavy (non-hydrogen) atoms. The Hall–Kier alpha value is -3.00. The topological polar surface area (TPSA) is 145 Å². The highest BCUT2D eigenvalue weighted by Crippen LogP contribution is 2.33. The largest absolute Gasteiger partial charge is 0.389 e. The molecule has 1 atom stereocenters. The van der Waals surface area contributed by atoms with Crippen molar-refractivity contribution in [2.45, 2.75) is 38.4 Å². The molecule has 0 fully saturated rings. The molecule has 0 bridgehead atoms. The summed E-state index contributed by atoms with van der Waals surface area (Å²) in [4.78, 5) is 23.5. The van der Waals surface area contributed by atoms with E-state index in [9.17, 15) is 4.79 Å². The monoisotopic (exact) mass is 603 g/mol. The maximum absolute atomic E-state index is 13.4.